The first-order valence-corrected chi connectivity index (χ1v) is 22.5. The van der Waals surface area contributed by atoms with Gasteiger partial charge in [-0.2, -0.15) is 0 Å². The number of fused-ring (bicyclic) bond motifs is 1. The standard InChI is InChI=1S/C48H54N10O5/c59-41-14-13-40(47(62)54-41)33-7-4-8-39(24-33)63-29-43(61)57-17-15-48(16-18-57)27-38(28-48)56-21-19-55(20-22-56)36-11-9-34(10-12-36)53-45-44-46(50-30-49-45)58(31-51-44)37-25-35(26-37)52-42(60)23-32-5-2-1-3-6-32/h1-12,24,30-31,35,37-38,40H,13-23,25-29H2,(H,52,60)(H,49,50,53)(H,54,59,62). The number of piperazine rings is 1. The molecule has 63 heavy (non-hydrogen) atoms. The van der Waals surface area contributed by atoms with Crippen molar-refractivity contribution in [2.45, 2.75) is 81.8 Å². The number of hydrogen-bond acceptors (Lipinski definition) is 11. The van der Waals surface area contributed by atoms with Crippen LogP contribution in [0.2, 0.25) is 0 Å². The van der Waals surface area contributed by atoms with E-state index in [0.717, 1.165) is 92.9 Å². The first kappa shape index (κ1) is 40.7. The number of nitrogens with one attached hydrogen (secondary N) is 3. The van der Waals surface area contributed by atoms with Crippen molar-refractivity contribution < 1.29 is 23.9 Å². The minimum Gasteiger partial charge on any atom is -0.484 e. The molecule has 10 rings (SSSR count). The Morgan fingerprint density at radius 3 is 2.38 bits per heavy atom. The number of piperidine rings is 2. The van der Waals surface area contributed by atoms with Gasteiger partial charge in [0.1, 0.15) is 12.1 Å². The molecule has 326 valence electrons. The van der Waals surface area contributed by atoms with E-state index < -0.39 is 0 Å². The van der Waals surface area contributed by atoms with Crippen molar-refractivity contribution in [1.29, 1.82) is 0 Å². The van der Waals surface area contributed by atoms with Gasteiger partial charge in [0, 0.05) is 75.2 Å². The van der Waals surface area contributed by atoms with E-state index in [0.29, 0.717) is 42.3 Å². The molecule has 3 saturated heterocycles. The van der Waals surface area contributed by atoms with Crippen molar-refractivity contribution in [1.82, 2.24) is 40.0 Å². The fraction of sp³-hybridized carbons (Fsp3) is 0.438. The number of anilines is 3. The monoisotopic (exact) mass is 850 g/mol. The van der Waals surface area contributed by atoms with E-state index in [1.54, 1.807) is 18.5 Å². The first-order valence-electron chi connectivity index (χ1n) is 22.5. The Bertz CT molecular complexity index is 2460. The normalized spacial score (nSPS) is 22.6. The zero-order valence-corrected chi connectivity index (χ0v) is 35.5. The van der Waals surface area contributed by atoms with Crippen molar-refractivity contribution in [3.05, 3.63) is 103 Å². The number of carbonyl (C=O) groups excluding carboxylic acids is 4. The van der Waals surface area contributed by atoms with E-state index in [-0.39, 0.29) is 48.2 Å². The lowest BCUT2D eigenvalue weighted by atomic mass is 9.60. The van der Waals surface area contributed by atoms with Crippen molar-refractivity contribution in [3.63, 3.8) is 0 Å². The number of imide groups is 1. The number of hydrogen-bond donors (Lipinski definition) is 3. The second-order valence-electron chi connectivity index (χ2n) is 18.1. The Labute approximate surface area is 366 Å². The summed E-state index contributed by atoms with van der Waals surface area (Å²) in [6.07, 6.45) is 10.7. The summed E-state index contributed by atoms with van der Waals surface area (Å²) in [5.41, 5.74) is 5.80. The maximum atomic E-state index is 13.1. The third-order valence-corrected chi connectivity index (χ3v) is 14.1. The predicted molar refractivity (Wildman–Crippen MR) is 238 cm³/mol. The fourth-order valence-corrected chi connectivity index (χ4v) is 10.3. The summed E-state index contributed by atoms with van der Waals surface area (Å²) in [4.78, 5) is 70.5. The molecule has 5 heterocycles. The quantitative estimate of drug-likeness (QED) is 0.143. The number of benzene rings is 3. The van der Waals surface area contributed by atoms with E-state index in [2.05, 4.69) is 64.6 Å². The molecule has 2 saturated carbocycles. The molecule has 1 spiro atoms. The van der Waals surface area contributed by atoms with Crippen LogP contribution in [0, 0.1) is 5.41 Å². The molecule has 4 amide bonds. The minimum atomic E-state index is -0.387. The maximum Gasteiger partial charge on any atom is 0.260 e. The van der Waals surface area contributed by atoms with E-state index in [4.69, 9.17) is 9.72 Å². The van der Waals surface area contributed by atoms with Gasteiger partial charge in [-0.15, -0.1) is 0 Å². The second-order valence-corrected chi connectivity index (χ2v) is 18.1. The molecule has 15 heteroatoms. The summed E-state index contributed by atoms with van der Waals surface area (Å²) < 4.78 is 8.00. The molecule has 3 N–H and O–H groups in total. The number of rotatable bonds is 12. The second kappa shape index (κ2) is 17.4. The van der Waals surface area contributed by atoms with E-state index in [9.17, 15) is 19.2 Å². The van der Waals surface area contributed by atoms with Crippen molar-refractivity contribution in [3.8, 4) is 5.75 Å². The largest absolute Gasteiger partial charge is 0.484 e. The Morgan fingerprint density at radius 2 is 1.62 bits per heavy atom. The molecular formula is C48H54N10O5. The molecule has 1 atom stereocenters. The molecular weight excluding hydrogens is 797 g/mol. The smallest absolute Gasteiger partial charge is 0.260 e. The first-order chi connectivity index (χ1) is 30.7. The van der Waals surface area contributed by atoms with Crippen LogP contribution in [0.25, 0.3) is 11.2 Å². The molecule has 0 bridgehead atoms. The van der Waals surface area contributed by atoms with Gasteiger partial charge in [0.25, 0.3) is 5.91 Å². The van der Waals surface area contributed by atoms with Gasteiger partial charge in [-0.3, -0.25) is 29.4 Å². The third-order valence-electron chi connectivity index (χ3n) is 14.1. The van der Waals surface area contributed by atoms with Crippen molar-refractivity contribution in [2.75, 3.05) is 56.1 Å². The van der Waals surface area contributed by atoms with Gasteiger partial charge in [-0.1, -0.05) is 42.5 Å². The number of ether oxygens (including phenoxy) is 1. The van der Waals surface area contributed by atoms with E-state index in [1.165, 1.54) is 18.5 Å². The van der Waals surface area contributed by atoms with E-state index in [1.807, 2.05) is 53.7 Å². The highest BCUT2D eigenvalue weighted by molar-refractivity contribution is 6.01. The van der Waals surface area contributed by atoms with Crippen LogP contribution in [0.4, 0.5) is 17.2 Å². The van der Waals surface area contributed by atoms with Crippen LogP contribution in [0.3, 0.4) is 0 Å². The summed E-state index contributed by atoms with van der Waals surface area (Å²) in [7, 11) is 0. The lowest BCUT2D eigenvalue weighted by Crippen LogP contribution is -2.59. The fourth-order valence-electron chi connectivity index (χ4n) is 10.3. The van der Waals surface area contributed by atoms with Gasteiger partial charge in [0.05, 0.1) is 18.7 Å². The zero-order chi connectivity index (χ0) is 42.9. The summed E-state index contributed by atoms with van der Waals surface area (Å²) >= 11 is 0. The molecule has 2 aliphatic carbocycles. The molecule has 15 nitrogen and oxygen atoms in total. The molecule has 0 radical (unpaired) electrons. The summed E-state index contributed by atoms with van der Waals surface area (Å²) in [5.74, 6) is 0.364. The molecule has 5 fully saturated rings. The number of nitrogens with zero attached hydrogens (tertiary/aromatic N) is 7. The predicted octanol–water partition coefficient (Wildman–Crippen LogP) is 5.12. The van der Waals surface area contributed by atoms with Gasteiger partial charge >= 0.3 is 0 Å². The van der Waals surface area contributed by atoms with Crippen LogP contribution in [-0.4, -0.2) is 111 Å². The van der Waals surface area contributed by atoms with Gasteiger partial charge in [-0.25, -0.2) is 15.0 Å². The van der Waals surface area contributed by atoms with Gasteiger partial charge in [0.2, 0.25) is 17.7 Å². The third kappa shape index (κ3) is 8.83. The highest BCUT2D eigenvalue weighted by Crippen LogP contribution is 2.51. The zero-order valence-electron chi connectivity index (χ0n) is 35.5. The topological polar surface area (TPSA) is 167 Å². The van der Waals surface area contributed by atoms with Crippen LogP contribution in [0.15, 0.2) is 91.5 Å². The van der Waals surface area contributed by atoms with Crippen LogP contribution >= 0.6 is 0 Å². The molecule has 3 aromatic carbocycles. The molecule has 5 aromatic rings. The SMILES string of the molecule is O=C1CCC(c2cccc(OCC(=O)N3CCC4(CC3)CC(N3CCN(c5ccc(Nc6ncnc7c6ncn7C6CC(NC(=O)Cc7ccccc7)C6)cc5)CC3)C4)c2)C(=O)N1. The van der Waals surface area contributed by atoms with Gasteiger partial charge in [-0.05, 0) is 97.9 Å². The van der Waals surface area contributed by atoms with Crippen LogP contribution in [-0.2, 0) is 25.6 Å². The highest BCUT2D eigenvalue weighted by atomic mass is 16.5. The average Bonchev–Trinajstić information content (AvgIpc) is 3.71. The Kier molecular flexibility index (Phi) is 11.3. The number of imidazole rings is 1. The lowest BCUT2D eigenvalue weighted by molar-refractivity contribution is -0.138. The number of aromatic nitrogens is 4. The van der Waals surface area contributed by atoms with E-state index >= 15 is 0 Å². The summed E-state index contributed by atoms with van der Waals surface area (Å²) in [5, 5.41) is 9.05. The van der Waals surface area contributed by atoms with Gasteiger partial charge < -0.3 is 29.7 Å². The Hall–Kier alpha value is -6.35. The van der Waals surface area contributed by atoms with Crippen molar-refractivity contribution >= 4 is 52.0 Å². The number of carbonyl (C=O) groups is 4. The average molecular weight is 851 g/mol. The number of likely N-dealkylation sites (tertiary alicyclic amines) is 1. The Morgan fingerprint density at radius 1 is 0.841 bits per heavy atom. The Balaban J connectivity index is 0.646. The van der Waals surface area contributed by atoms with Gasteiger partial charge in [0.15, 0.2) is 23.6 Å². The molecule has 1 unspecified atom stereocenters. The summed E-state index contributed by atoms with van der Waals surface area (Å²) in [6, 6.07) is 26.6. The lowest BCUT2D eigenvalue weighted by Gasteiger charge is -2.56. The molecule has 3 aliphatic heterocycles. The molecule has 5 aliphatic rings. The molecule has 2 aromatic heterocycles. The van der Waals surface area contributed by atoms with Crippen molar-refractivity contribution in [2.24, 2.45) is 5.41 Å². The maximum absolute atomic E-state index is 13.1. The van der Waals surface area contributed by atoms with Crippen LogP contribution in [0.5, 0.6) is 5.75 Å². The summed E-state index contributed by atoms with van der Waals surface area (Å²) in [6.45, 7) is 5.53. The minimum absolute atomic E-state index is 0.00679. The van der Waals surface area contributed by atoms with Crippen LogP contribution < -0.4 is 25.6 Å². The highest BCUT2D eigenvalue weighted by Gasteiger charge is 2.48. The number of amides is 4. The van der Waals surface area contributed by atoms with Crippen LogP contribution in [0.1, 0.15) is 74.5 Å².